The van der Waals surface area contributed by atoms with E-state index in [4.69, 9.17) is 0 Å². The molecular formula is C20H24N2O2. The van der Waals surface area contributed by atoms with Gasteiger partial charge in [0.2, 0.25) is 0 Å². The van der Waals surface area contributed by atoms with Gasteiger partial charge < -0.3 is 10.0 Å². The van der Waals surface area contributed by atoms with Crippen LogP contribution in [0.25, 0.3) is 0 Å². The molecule has 1 amide bonds. The summed E-state index contributed by atoms with van der Waals surface area (Å²) in [6.45, 7) is 4.29. The van der Waals surface area contributed by atoms with Gasteiger partial charge in [-0.2, -0.15) is 0 Å². The highest BCUT2D eigenvalue weighted by Crippen LogP contribution is 2.21. The first-order valence-corrected chi connectivity index (χ1v) is 8.45. The van der Waals surface area contributed by atoms with E-state index in [1.54, 1.807) is 4.90 Å². The number of benzene rings is 2. The number of hydrogen-bond donors (Lipinski definition) is 1. The van der Waals surface area contributed by atoms with Crippen molar-refractivity contribution in [2.45, 2.75) is 32.0 Å². The van der Waals surface area contributed by atoms with E-state index in [1.165, 1.54) is 11.1 Å². The van der Waals surface area contributed by atoms with Crippen LogP contribution >= 0.6 is 0 Å². The maximum absolute atomic E-state index is 11.7. The van der Waals surface area contributed by atoms with E-state index in [0.717, 1.165) is 19.5 Å². The number of hydrogen-bond acceptors (Lipinski definition) is 2. The summed E-state index contributed by atoms with van der Waals surface area (Å²) in [4.78, 5) is 15.7. The summed E-state index contributed by atoms with van der Waals surface area (Å²) in [5.41, 5.74) is 2.45. The molecule has 2 atom stereocenters. The molecule has 3 rings (SSSR count). The standard InChI is InChI=1S/C20H24N2O2/c1-16-13-22(20(23)24)19(12-17-8-4-2-5-9-17)15-21(16)14-18-10-6-3-7-11-18/h2-11,16,19H,12-15H2,1H3,(H,23,24). The molecule has 1 N–H and O–H groups in total. The van der Waals surface area contributed by atoms with E-state index < -0.39 is 6.09 Å². The van der Waals surface area contributed by atoms with Crippen molar-refractivity contribution in [1.29, 1.82) is 0 Å². The first-order chi connectivity index (χ1) is 11.6. The zero-order valence-electron chi connectivity index (χ0n) is 14.0. The number of carbonyl (C=O) groups is 1. The molecule has 0 aromatic heterocycles. The van der Waals surface area contributed by atoms with Crippen LogP contribution in [0.3, 0.4) is 0 Å². The Bertz CT molecular complexity index is 660. The zero-order valence-corrected chi connectivity index (χ0v) is 14.0. The number of piperazine rings is 1. The largest absolute Gasteiger partial charge is 0.465 e. The predicted molar refractivity (Wildman–Crippen MR) is 95.0 cm³/mol. The second kappa shape index (κ2) is 7.49. The predicted octanol–water partition coefficient (Wildman–Crippen LogP) is 3.48. The van der Waals surface area contributed by atoms with E-state index in [1.807, 2.05) is 24.3 Å². The van der Waals surface area contributed by atoms with Crippen LogP contribution in [0.5, 0.6) is 0 Å². The van der Waals surface area contributed by atoms with Gasteiger partial charge in [0.15, 0.2) is 0 Å². The summed E-state index contributed by atoms with van der Waals surface area (Å²) in [5, 5.41) is 9.59. The lowest BCUT2D eigenvalue weighted by atomic mass is 9.99. The maximum Gasteiger partial charge on any atom is 0.407 e. The molecule has 1 saturated heterocycles. The monoisotopic (exact) mass is 324 g/mol. The molecule has 2 aromatic rings. The molecule has 1 aliphatic heterocycles. The quantitative estimate of drug-likeness (QED) is 0.936. The van der Waals surface area contributed by atoms with Crippen molar-refractivity contribution < 1.29 is 9.90 Å². The molecule has 2 unspecified atom stereocenters. The van der Waals surface area contributed by atoms with Gasteiger partial charge in [0.1, 0.15) is 0 Å². The summed E-state index contributed by atoms with van der Waals surface area (Å²) < 4.78 is 0. The van der Waals surface area contributed by atoms with Crippen LogP contribution in [-0.4, -0.2) is 46.2 Å². The van der Waals surface area contributed by atoms with Gasteiger partial charge >= 0.3 is 6.09 Å². The molecule has 1 aliphatic rings. The molecule has 2 aromatic carbocycles. The lowest BCUT2D eigenvalue weighted by molar-refractivity contribution is 0.0335. The third-order valence-corrected chi connectivity index (χ3v) is 4.76. The van der Waals surface area contributed by atoms with Gasteiger partial charge in [-0.05, 0) is 24.5 Å². The maximum atomic E-state index is 11.7. The minimum Gasteiger partial charge on any atom is -0.465 e. The van der Waals surface area contributed by atoms with Crippen molar-refractivity contribution in [2.75, 3.05) is 13.1 Å². The number of nitrogens with zero attached hydrogens (tertiary/aromatic N) is 2. The highest BCUT2D eigenvalue weighted by Gasteiger charge is 2.34. The molecule has 0 aliphatic carbocycles. The van der Waals surface area contributed by atoms with Crippen LogP contribution in [-0.2, 0) is 13.0 Å². The molecule has 0 spiro atoms. The Hall–Kier alpha value is -2.33. The van der Waals surface area contributed by atoms with Crippen molar-refractivity contribution in [3.63, 3.8) is 0 Å². The highest BCUT2D eigenvalue weighted by molar-refractivity contribution is 5.65. The van der Waals surface area contributed by atoms with E-state index in [2.05, 4.69) is 48.2 Å². The Morgan fingerprint density at radius 2 is 1.58 bits per heavy atom. The average Bonchev–Trinajstić information content (AvgIpc) is 2.59. The first kappa shape index (κ1) is 16.5. The van der Waals surface area contributed by atoms with E-state index in [0.29, 0.717) is 6.54 Å². The van der Waals surface area contributed by atoms with Crippen molar-refractivity contribution in [3.05, 3.63) is 71.8 Å². The molecule has 1 fully saturated rings. The number of carboxylic acid groups (broad SMARTS) is 1. The van der Waals surface area contributed by atoms with Crippen LogP contribution in [0.2, 0.25) is 0 Å². The van der Waals surface area contributed by atoms with Gasteiger partial charge in [0.25, 0.3) is 0 Å². The molecule has 4 heteroatoms. The molecule has 126 valence electrons. The molecule has 0 saturated carbocycles. The Morgan fingerprint density at radius 1 is 1.00 bits per heavy atom. The van der Waals surface area contributed by atoms with Gasteiger partial charge in [-0.1, -0.05) is 60.7 Å². The summed E-state index contributed by atoms with van der Waals surface area (Å²) in [6, 6.07) is 20.7. The normalized spacial score (nSPS) is 21.6. The summed E-state index contributed by atoms with van der Waals surface area (Å²) >= 11 is 0. The smallest absolute Gasteiger partial charge is 0.407 e. The third-order valence-electron chi connectivity index (χ3n) is 4.76. The number of amides is 1. The molecule has 0 bridgehead atoms. The second-order valence-corrected chi connectivity index (χ2v) is 6.54. The average molecular weight is 324 g/mol. The summed E-state index contributed by atoms with van der Waals surface area (Å²) in [7, 11) is 0. The second-order valence-electron chi connectivity index (χ2n) is 6.54. The fourth-order valence-corrected chi connectivity index (χ4v) is 3.43. The molecule has 24 heavy (non-hydrogen) atoms. The zero-order chi connectivity index (χ0) is 16.9. The van der Waals surface area contributed by atoms with Gasteiger partial charge in [-0.15, -0.1) is 0 Å². The highest BCUT2D eigenvalue weighted by atomic mass is 16.4. The van der Waals surface area contributed by atoms with Crippen molar-refractivity contribution in [1.82, 2.24) is 9.80 Å². The SMILES string of the molecule is CC1CN(C(=O)O)C(Cc2ccccc2)CN1Cc1ccccc1. The lowest BCUT2D eigenvalue weighted by Crippen LogP contribution is -2.59. The fraction of sp³-hybridized carbons (Fsp3) is 0.350. The Kier molecular flexibility index (Phi) is 5.16. The molecular weight excluding hydrogens is 300 g/mol. The van der Waals surface area contributed by atoms with Crippen molar-refractivity contribution in [2.24, 2.45) is 0 Å². The summed E-state index contributed by atoms with van der Waals surface area (Å²) in [5.74, 6) is 0. The van der Waals surface area contributed by atoms with Crippen LogP contribution in [0, 0.1) is 0 Å². The fourth-order valence-electron chi connectivity index (χ4n) is 3.43. The van der Waals surface area contributed by atoms with Crippen molar-refractivity contribution in [3.8, 4) is 0 Å². The third kappa shape index (κ3) is 3.95. The van der Waals surface area contributed by atoms with Crippen molar-refractivity contribution >= 4 is 6.09 Å². The van der Waals surface area contributed by atoms with Gasteiger partial charge in [-0.25, -0.2) is 4.79 Å². The summed E-state index contributed by atoms with van der Waals surface area (Å²) in [6.07, 6.45) is -0.0624. The minimum atomic E-state index is -0.817. The van der Waals surface area contributed by atoms with E-state index in [9.17, 15) is 9.90 Å². The Balaban J connectivity index is 1.75. The van der Waals surface area contributed by atoms with Gasteiger partial charge in [0.05, 0.1) is 6.04 Å². The van der Waals surface area contributed by atoms with Gasteiger partial charge in [-0.3, -0.25) is 4.90 Å². The lowest BCUT2D eigenvalue weighted by Gasteiger charge is -2.44. The van der Waals surface area contributed by atoms with E-state index >= 15 is 0 Å². The topological polar surface area (TPSA) is 43.8 Å². The minimum absolute atomic E-state index is 0.00943. The number of rotatable bonds is 4. The van der Waals surface area contributed by atoms with Crippen LogP contribution in [0.4, 0.5) is 4.79 Å². The molecule has 4 nitrogen and oxygen atoms in total. The Morgan fingerprint density at radius 3 is 2.17 bits per heavy atom. The molecule has 0 radical (unpaired) electrons. The van der Waals surface area contributed by atoms with Crippen LogP contribution < -0.4 is 0 Å². The van der Waals surface area contributed by atoms with Crippen LogP contribution in [0.15, 0.2) is 60.7 Å². The van der Waals surface area contributed by atoms with Gasteiger partial charge in [0, 0.05) is 25.7 Å². The first-order valence-electron chi connectivity index (χ1n) is 8.45. The van der Waals surface area contributed by atoms with E-state index in [-0.39, 0.29) is 12.1 Å². The van der Waals surface area contributed by atoms with Crippen LogP contribution in [0.1, 0.15) is 18.1 Å². The Labute approximate surface area is 143 Å². The molecule has 1 heterocycles.